The minimum absolute atomic E-state index is 0.0147. The van der Waals surface area contributed by atoms with E-state index in [1.165, 1.54) is 7.11 Å². The molecule has 2 heterocycles. The third kappa shape index (κ3) is 3.67. The number of hydrogen-bond acceptors (Lipinski definition) is 5. The molecule has 1 saturated heterocycles. The summed E-state index contributed by atoms with van der Waals surface area (Å²) in [7, 11) is 3.03. The summed E-state index contributed by atoms with van der Waals surface area (Å²) in [6.07, 6.45) is 0.622. The van der Waals surface area contributed by atoms with E-state index in [0.717, 1.165) is 27.0 Å². The SMILES string of the molecule is COC(=O)C[C@@H]1Nc2ccc(Br)cc2[C@@H]2[C@H]1CC(=O)N2[C@H](C)c1ccc(OC)cc1. The normalized spacial score (nSPS) is 23.3. The van der Waals surface area contributed by atoms with Gasteiger partial charge in [0, 0.05) is 28.5 Å². The average molecular weight is 473 g/mol. The van der Waals surface area contributed by atoms with Gasteiger partial charge in [-0.2, -0.15) is 0 Å². The van der Waals surface area contributed by atoms with Crippen molar-refractivity contribution in [3.63, 3.8) is 0 Å². The molecule has 2 aromatic carbocycles. The fourth-order valence-corrected chi connectivity index (χ4v) is 5.08. The molecule has 1 N–H and O–H groups in total. The van der Waals surface area contributed by atoms with Gasteiger partial charge in [0.15, 0.2) is 0 Å². The van der Waals surface area contributed by atoms with Crippen molar-refractivity contribution in [2.75, 3.05) is 19.5 Å². The molecular weight excluding hydrogens is 448 g/mol. The minimum atomic E-state index is -0.277. The molecule has 2 aromatic rings. The Hall–Kier alpha value is -2.54. The molecule has 0 aliphatic carbocycles. The molecule has 7 heteroatoms. The highest BCUT2D eigenvalue weighted by atomic mass is 79.9. The predicted octanol–water partition coefficient (Wildman–Crippen LogP) is 4.47. The third-order valence-electron chi connectivity index (χ3n) is 6.22. The third-order valence-corrected chi connectivity index (χ3v) is 6.72. The number of nitrogens with zero attached hydrogens (tertiary/aromatic N) is 1. The highest BCUT2D eigenvalue weighted by Crippen LogP contribution is 2.51. The van der Waals surface area contributed by atoms with E-state index in [2.05, 4.69) is 34.2 Å². The Bertz CT molecular complexity index is 962. The highest BCUT2D eigenvalue weighted by molar-refractivity contribution is 9.10. The van der Waals surface area contributed by atoms with Crippen LogP contribution in [0.5, 0.6) is 5.75 Å². The smallest absolute Gasteiger partial charge is 0.307 e. The van der Waals surface area contributed by atoms with E-state index in [0.29, 0.717) is 6.42 Å². The largest absolute Gasteiger partial charge is 0.497 e. The number of rotatable bonds is 5. The van der Waals surface area contributed by atoms with Crippen LogP contribution >= 0.6 is 15.9 Å². The second-order valence-corrected chi connectivity index (χ2v) is 8.74. The van der Waals surface area contributed by atoms with E-state index in [9.17, 15) is 9.59 Å². The van der Waals surface area contributed by atoms with Crippen molar-refractivity contribution in [2.24, 2.45) is 5.92 Å². The van der Waals surface area contributed by atoms with Gasteiger partial charge < -0.3 is 19.7 Å². The Morgan fingerprint density at radius 1 is 1.23 bits per heavy atom. The van der Waals surface area contributed by atoms with Crippen LogP contribution in [0.1, 0.15) is 43.0 Å². The number of benzene rings is 2. The fourth-order valence-electron chi connectivity index (χ4n) is 4.70. The first-order valence-electron chi connectivity index (χ1n) is 10.0. The molecule has 4 atom stereocenters. The molecule has 2 aliphatic rings. The molecule has 0 saturated carbocycles. The van der Waals surface area contributed by atoms with Gasteiger partial charge in [0.25, 0.3) is 0 Å². The summed E-state index contributed by atoms with van der Waals surface area (Å²) in [4.78, 5) is 27.2. The molecule has 2 aliphatic heterocycles. The van der Waals surface area contributed by atoms with Gasteiger partial charge >= 0.3 is 5.97 Å². The van der Waals surface area contributed by atoms with E-state index in [1.807, 2.05) is 41.3 Å². The van der Waals surface area contributed by atoms with Crippen molar-refractivity contribution in [3.05, 3.63) is 58.1 Å². The lowest BCUT2D eigenvalue weighted by Crippen LogP contribution is -2.41. The van der Waals surface area contributed by atoms with Crippen molar-refractivity contribution in [2.45, 2.75) is 37.9 Å². The lowest BCUT2D eigenvalue weighted by Gasteiger charge is -2.41. The first kappa shape index (κ1) is 20.7. The van der Waals surface area contributed by atoms with Crippen LogP contribution in [0.3, 0.4) is 0 Å². The summed E-state index contributed by atoms with van der Waals surface area (Å²) in [5.74, 6) is 0.587. The van der Waals surface area contributed by atoms with Gasteiger partial charge in [-0.25, -0.2) is 0 Å². The minimum Gasteiger partial charge on any atom is -0.497 e. The first-order chi connectivity index (χ1) is 14.4. The van der Waals surface area contributed by atoms with Crippen molar-refractivity contribution in [1.82, 2.24) is 4.90 Å². The summed E-state index contributed by atoms with van der Waals surface area (Å²) in [5, 5.41) is 3.48. The van der Waals surface area contributed by atoms with E-state index in [-0.39, 0.29) is 42.3 Å². The predicted molar refractivity (Wildman–Crippen MR) is 117 cm³/mol. The molecular formula is C23H25BrN2O4. The molecule has 0 spiro atoms. The van der Waals surface area contributed by atoms with E-state index < -0.39 is 0 Å². The lowest BCUT2D eigenvalue weighted by molar-refractivity contribution is -0.141. The number of anilines is 1. The van der Waals surface area contributed by atoms with Crippen LogP contribution in [0.25, 0.3) is 0 Å². The van der Waals surface area contributed by atoms with E-state index >= 15 is 0 Å². The fraction of sp³-hybridized carbons (Fsp3) is 0.391. The number of nitrogens with one attached hydrogen (secondary N) is 1. The zero-order chi connectivity index (χ0) is 21.4. The molecule has 30 heavy (non-hydrogen) atoms. The van der Waals surface area contributed by atoms with Crippen molar-refractivity contribution in [1.29, 1.82) is 0 Å². The van der Waals surface area contributed by atoms with Crippen molar-refractivity contribution >= 4 is 33.5 Å². The van der Waals surface area contributed by atoms with Gasteiger partial charge in [-0.1, -0.05) is 28.1 Å². The van der Waals surface area contributed by atoms with Gasteiger partial charge in [0.2, 0.25) is 5.91 Å². The molecule has 158 valence electrons. The second kappa shape index (κ2) is 8.30. The summed E-state index contributed by atoms with van der Waals surface area (Å²) in [6, 6.07) is 13.5. The average Bonchev–Trinajstić information content (AvgIpc) is 3.11. The topological polar surface area (TPSA) is 67.9 Å². The van der Waals surface area contributed by atoms with Gasteiger partial charge in [-0.3, -0.25) is 9.59 Å². The Balaban J connectivity index is 1.73. The highest BCUT2D eigenvalue weighted by Gasteiger charge is 2.50. The molecule has 0 aromatic heterocycles. The number of halogens is 1. The van der Waals surface area contributed by atoms with Crippen LogP contribution in [0.4, 0.5) is 5.69 Å². The number of ether oxygens (including phenoxy) is 2. The second-order valence-electron chi connectivity index (χ2n) is 7.83. The summed E-state index contributed by atoms with van der Waals surface area (Å²) in [6.45, 7) is 2.05. The van der Waals surface area contributed by atoms with Crippen LogP contribution in [-0.2, 0) is 14.3 Å². The molecule has 0 bridgehead atoms. The van der Waals surface area contributed by atoms with Crippen LogP contribution in [-0.4, -0.2) is 37.0 Å². The zero-order valence-corrected chi connectivity index (χ0v) is 18.8. The maximum atomic E-state index is 13.2. The number of carbonyl (C=O) groups excluding carboxylic acids is 2. The summed E-state index contributed by atoms with van der Waals surface area (Å²) < 4.78 is 11.1. The molecule has 6 nitrogen and oxygen atoms in total. The van der Waals surface area contributed by atoms with Crippen molar-refractivity contribution in [3.8, 4) is 5.75 Å². The number of carbonyl (C=O) groups is 2. The number of likely N-dealkylation sites (tertiary alicyclic amines) is 1. The Labute approximate surface area is 184 Å². The Kier molecular flexibility index (Phi) is 5.73. The van der Waals surface area contributed by atoms with Gasteiger partial charge in [-0.05, 0) is 48.4 Å². The molecule has 0 unspecified atom stereocenters. The first-order valence-corrected chi connectivity index (χ1v) is 10.8. The number of amides is 1. The van der Waals surface area contributed by atoms with Gasteiger partial charge in [-0.15, -0.1) is 0 Å². The molecule has 4 rings (SSSR count). The van der Waals surface area contributed by atoms with Gasteiger partial charge in [0.05, 0.1) is 32.7 Å². The number of methoxy groups -OCH3 is 2. The summed E-state index contributed by atoms with van der Waals surface area (Å²) >= 11 is 3.57. The van der Waals surface area contributed by atoms with Crippen molar-refractivity contribution < 1.29 is 19.1 Å². The number of esters is 1. The maximum absolute atomic E-state index is 13.2. The van der Waals surface area contributed by atoms with Crippen LogP contribution < -0.4 is 10.1 Å². The Morgan fingerprint density at radius 3 is 2.63 bits per heavy atom. The Morgan fingerprint density at radius 2 is 1.97 bits per heavy atom. The number of fused-ring (bicyclic) bond motifs is 3. The monoisotopic (exact) mass is 472 g/mol. The van der Waals surface area contributed by atoms with Gasteiger partial charge in [0.1, 0.15) is 5.75 Å². The van der Waals surface area contributed by atoms with Crippen LogP contribution in [0, 0.1) is 5.92 Å². The zero-order valence-electron chi connectivity index (χ0n) is 17.2. The maximum Gasteiger partial charge on any atom is 0.307 e. The van der Waals surface area contributed by atoms with E-state index in [1.54, 1.807) is 7.11 Å². The molecule has 1 amide bonds. The van der Waals surface area contributed by atoms with Crippen LogP contribution in [0.2, 0.25) is 0 Å². The summed E-state index contributed by atoms with van der Waals surface area (Å²) in [5.41, 5.74) is 3.07. The standard InChI is InChI=1S/C23H25BrN2O4/c1-13(14-4-7-16(29-2)8-5-14)26-21(27)11-18-20(12-22(28)30-3)25-19-9-6-15(24)10-17(19)23(18)26/h4-10,13,18,20,23,25H,11-12H2,1-3H3/t13-,18+,20+,23-/m1/s1. The van der Waals surface area contributed by atoms with Crippen LogP contribution in [0.15, 0.2) is 46.9 Å². The molecule has 0 radical (unpaired) electrons. The number of hydrogen-bond donors (Lipinski definition) is 1. The molecule has 1 fully saturated rings. The van der Waals surface area contributed by atoms with E-state index in [4.69, 9.17) is 9.47 Å². The lowest BCUT2D eigenvalue weighted by atomic mass is 9.81. The quantitative estimate of drug-likeness (QED) is 0.650.